The molecule has 1 aromatic carbocycles. The number of pyridine rings is 1. The summed E-state index contributed by atoms with van der Waals surface area (Å²) in [5.74, 6) is -5.97. The van der Waals surface area contributed by atoms with Crippen LogP contribution in [0.1, 0.15) is 10.4 Å². The van der Waals surface area contributed by atoms with E-state index in [-0.39, 0.29) is 5.82 Å². The minimum atomic E-state index is -1.31. The average molecular weight is 285 g/mol. The molecule has 3 N–H and O–H groups in total. The Morgan fingerprint density at radius 3 is 2.25 bits per heavy atom. The van der Waals surface area contributed by atoms with Crippen LogP contribution >= 0.6 is 0 Å². The predicted octanol–water partition coefficient (Wildman–Crippen LogP) is 2.47. The summed E-state index contributed by atoms with van der Waals surface area (Å²) in [6.07, 6.45) is 0.783. The van der Waals surface area contributed by atoms with E-state index < -0.39 is 40.4 Å². The number of amides is 1. The largest absolute Gasteiger partial charge is 0.383 e. The molecule has 0 unspecified atom stereocenters. The van der Waals surface area contributed by atoms with E-state index in [2.05, 4.69) is 4.98 Å². The summed E-state index contributed by atoms with van der Waals surface area (Å²) in [7, 11) is 0. The summed E-state index contributed by atoms with van der Waals surface area (Å²) in [5.41, 5.74) is 4.10. The number of carbonyl (C=O) groups is 1. The maximum absolute atomic E-state index is 13.4. The number of nitrogen functional groups attached to an aromatic ring is 1. The van der Waals surface area contributed by atoms with Crippen LogP contribution < -0.4 is 11.1 Å². The number of nitrogens with one attached hydrogen (secondary N) is 1. The summed E-state index contributed by atoms with van der Waals surface area (Å²) in [5, 5.41) is 1.85. The summed E-state index contributed by atoms with van der Waals surface area (Å²) in [4.78, 5) is 15.1. The summed E-state index contributed by atoms with van der Waals surface area (Å²) >= 11 is 0. The number of benzene rings is 1. The van der Waals surface area contributed by atoms with E-state index in [0.717, 1.165) is 12.3 Å². The van der Waals surface area contributed by atoms with Gasteiger partial charge in [0, 0.05) is 12.1 Å². The highest BCUT2D eigenvalue weighted by Crippen LogP contribution is 2.21. The molecule has 0 spiro atoms. The summed E-state index contributed by atoms with van der Waals surface area (Å²) in [6, 6.07) is 1.55. The minimum absolute atomic E-state index is 0.313. The molecule has 0 radical (unpaired) electrons. The molecule has 0 aliphatic rings. The molecule has 1 heterocycles. The van der Waals surface area contributed by atoms with Gasteiger partial charge in [0.05, 0.1) is 11.8 Å². The lowest BCUT2D eigenvalue weighted by Gasteiger charge is -2.09. The Labute approximate surface area is 110 Å². The number of aromatic nitrogens is 1. The van der Waals surface area contributed by atoms with Gasteiger partial charge in [-0.05, 0) is 6.07 Å². The van der Waals surface area contributed by atoms with Crippen LogP contribution in [0.2, 0.25) is 0 Å². The van der Waals surface area contributed by atoms with Crippen LogP contribution in [-0.2, 0) is 0 Å². The SMILES string of the molecule is Nc1ncc(F)cc1C(=O)Nc1c(F)cc(F)cc1F. The van der Waals surface area contributed by atoms with Crippen molar-refractivity contribution in [3.63, 3.8) is 0 Å². The smallest absolute Gasteiger partial charge is 0.259 e. The van der Waals surface area contributed by atoms with Gasteiger partial charge in [0.15, 0.2) is 11.6 Å². The second kappa shape index (κ2) is 5.16. The first-order valence-corrected chi connectivity index (χ1v) is 5.25. The molecular formula is C12H7F4N3O. The second-order valence-corrected chi connectivity index (χ2v) is 3.78. The lowest BCUT2D eigenvalue weighted by molar-refractivity contribution is 0.102. The minimum Gasteiger partial charge on any atom is -0.383 e. The molecule has 0 saturated heterocycles. The number of nitrogens with zero attached hydrogens (tertiary/aromatic N) is 1. The van der Waals surface area contributed by atoms with Crippen molar-refractivity contribution in [3.8, 4) is 0 Å². The molecule has 0 aliphatic heterocycles. The number of anilines is 2. The lowest BCUT2D eigenvalue weighted by atomic mass is 10.2. The van der Waals surface area contributed by atoms with E-state index in [0.29, 0.717) is 12.1 Å². The van der Waals surface area contributed by atoms with Gasteiger partial charge in [-0.2, -0.15) is 0 Å². The Kier molecular flexibility index (Phi) is 3.55. The van der Waals surface area contributed by atoms with E-state index >= 15 is 0 Å². The highest BCUT2D eigenvalue weighted by atomic mass is 19.1. The fourth-order valence-electron chi connectivity index (χ4n) is 1.47. The number of carbonyl (C=O) groups excluding carboxylic acids is 1. The van der Waals surface area contributed by atoms with Gasteiger partial charge in [-0.1, -0.05) is 0 Å². The molecule has 0 aliphatic carbocycles. The number of hydrogen-bond acceptors (Lipinski definition) is 3. The van der Waals surface area contributed by atoms with Gasteiger partial charge in [-0.3, -0.25) is 4.79 Å². The van der Waals surface area contributed by atoms with Gasteiger partial charge in [-0.25, -0.2) is 22.5 Å². The molecule has 8 heteroatoms. The topological polar surface area (TPSA) is 68.0 Å². The van der Waals surface area contributed by atoms with E-state index in [1.54, 1.807) is 0 Å². The number of hydrogen-bond donors (Lipinski definition) is 2. The zero-order valence-electron chi connectivity index (χ0n) is 9.75. The Morgan fingerprint density at radius 1 is 1.05 bits per heavy atom. The fraction of sp³-hybridized carbons (Fsp3) is 0. The van der Waals surface area contributed by atoms with Crippen molar-refractivity contribution in [2.45, 2.75) is 0 Å². The van der Waals surface area contributed by atoms with Crippen molar-refractivity contribution in [1.29, 1.82) is 0 Å². The van der Waals surface area contributed by atoms with E-state index in [1.807, 2.05) is 5.32 Å². The quantitative estimate of drug-likeness (QED) is 0.833. The van der Waals surface area contributed by atoms with Gasteiger partial charge in [0.1, 0.15) is 23.1 Å². The van der Waals surface area contributed by atoms with E-state index in [4.69, 9.17) is 5.73 Å². The normalized spacial score (nSPS) is 10.4. The Hall–Kier alpha value is -2.64. The van der Waals surface area contributed by atoms with E-state index in [1.165, 1.54) is 0 Å². The van der Waals surface area contributed by atoms with Crippen molar-refractivity contribution >= 4 is 17.4 Å². The van der Waals surface area contributed by atoms with Crippen molar-refractivity contribution in [2.75, 3.05) is 11.1 Å². The average Bonchev–Trinajstić information content (AvgIpc) is 2.36. The van der Waals surface area contributed by atoms with Crippen LogP contribution in [-0.4, -0.2) is 10.9 Å². The monoisotopic (exact) mass is 285 g/mol. The Bertz CT molecular complexity index is 667. The highest BCUT2D eigenvalue weighted by Gasteiger charge is 2.18. The highest BCUT2D eigenvalue weighted by molar-refractivity contribution is 6.07. The molecule has 0 atom stereocenters. The fourth-order valence-corrected chi connectivity index (χ4v) is 1.47. The summed E-state index contributed by atoms with van der Waals surface area (Å²) < 4.78 is 52.4. The molecule has 1 amide bonds. The molecular weight excluding hydrogens is 278 g/mol. The van der Waals surface area contributed by atoms with Crippen molar-refractivity contribution in [2.24, 2.45) is 0 Å². The van der Waals surface area contributed by atoms with Crippen LogP contribution in [0.25, 0.3) is 0 Å². The molecule has 20 heavy (non-hydrogen) atoms. The molecule has 0 bridgehead atoms. The van der Waals surface area contributed by atoms with Crippen LogP contribution in [0.3, 0.4) is 0 Å². The number of halogens is 4. The van der Waals surface area contributed by atoms with Crippen molar-refractivity contribution in [3.05, 3.63) is 53.2 Å². The molecule has 104 valence electrons. The third kappa shape index (κ3) is 2.68. The first-order chi connectivity index (χ1) is 9.38. The van der Waals surface area contributed by atoms with Crippen molar-refractivity contribution < 1.29 is 22.4 Å². The third-order valence-corrected chi connectivity index (χ3v) is 2.38. The zero-order valence-corrected chi connectivity index (χ0v) is 9.75. The first kappa shape index (κ1) is 13.8. The zero-order chi connectivity index (χ0) is 14.9. The van der Waals surface area contributed by atoms with Gasteiger partial charge in [-0.15, -0.1) is 0 Å². The van der Waals surface area contributed by atoms with Crippen molar-refractivity contribution in [1.82, 2.24) is 4.98 Å². The van der Waals surface area contributed by atoms with Crippen LogP contribution in [0, 0.1) is 23.3 Å². The molecule has 2 aromatic rings. The van der Waals surface area contributed by atoms with E-state index in [9.17, 15) is 22.4 Å². The number of nitrogens with two attached hydrogens (primary N) is 1. The molecule has 2 rings (SSSR count). The molecule has 0 fully saturated rings. The van der Waals surface area contributed by atoms with Crippen LogP contribution in [0.5, 0.6) is 0 Å². The Morgan fingerprint density at radius 2 is 1.65 bits per heavy atom. The maximum Gasteiger partial charge on any atom is 0.259 e. The number of rotatable bonds is 2. The van der Waals surface area contributed by atoms with Gasteiger partial charge in [0.2, 0.25) is 0 Å². The van der Waals surface area contributed by atoms with Crippen LogP contribution in [0.4, 0.5) is 29.1 Å². The van der Waals surface area contributed by atoms with Gasteiger partial charge < -0.3 is 11.1 Å². The van der Waals surface area contributed by atoms with Gasteiger partial charge >= 0.3 is 0 Å². The predicted molar refractivity (Wildman–Crippen MR) is 62.9 cm³/mol. The third-order valence-electron chi connectivity index (χ3n) is 2.38. The molecule has 4 nitrogen and oxygen atoms in total. The maximum atomic E-state index is 13.4. The molecule has 1 aromatic heterocycles. The Balaban J connectivity index is 2.35. The second-order valence-electron chi connectivity index (χ2n) is 3.78. The van der Waals surface area contributed by atoms with Crippen LogP contribution in [0.15, 0.2) is 24.4 Å². The lowest BCUT2D eigenvalue weighted by Crippen LogP contribution is -2.17. The van der Waals surface area contributed by atoms with Gasteiger partial charge in [0.25, 0.3) is 5.91 Å². The first-order valence-electron chi connectivity index (χ1n) is 5.25. The summed E-state index contributed by atoms with van der Waals surface area (Å²) in [6.45, 7) is 0. The molecule has 0 saturated carbocycles. The standard InChI is InChI=1S/C12H7F4N3O/c13-5-2-8(15)10(9(16)3-5)19-12(20)7-1-6(14)4-18-11(7)17/h1-4H,(H2,17,18)(H,19,20).